The number of hydrogen-bond acceptors (Lipinski definition) is 4. The van der Waals surface area contributed by atoms with E-state index in [1.54, 1.807) is 18.2 Å². The van der Waals surface area contributed by atoms with Crippen molar-refractivity contribution in [1.82, 2.24) is 4.90 Å². The summed E-state index contributed by atoms with van der Waals surface area (Å²) in [4.78, 5) is 25.9. The topological polar surface area (TPSA) is 84.7 Å². The summed E-state index contributed by atoms with van der Waals surface area (Å²) in [6.45, 7) is 5.46. The average Bonchev–Trinajstić information content (AvgIpc) is 2.48. The van der Waals surface area contributed by atoms with Gasteiger partial charge >= 0.3 is 0 Å². The highest BCUT2D eigenvalue weighted by molar-refractivity contribution is 5.99. The van der Waals surface area contributed by atoms with Crippen molar-refractivity contribution in [1.29, 1.82) is 0 Å². The summed E-state index contributed by atoms with van der Waals surface area (Å²) in [6.07, 6.45) is 0.795. The molecule has 1 atom stereocenters. The number of likely N-dealkylation sites (tertiary alicyclic amines) is 1. The van der Waals surface area contributed by atoms with Crippen molar-refractivity contribution < 1.29 is 14.3 Å². The summed E-state index contributed by atoms with van der Waals surface area (Å²) in [6, 6.07) is 5.24. The third-order valence-electron chi connectivity index (χ3n) is 4.46. The van der Waals surface area contributed by atoms with Crippen LogP contribution in [0.3, 0.4) is 0 Å². The number of piperidine rings is 1. The van der Waals surface area contributed by atoms with Crippen molar-refractivity contribution in [2.75, 3.05) is 25.0 Å². The molecule has 1 aromatic carbocycles. The van der Waals surface area contributed by atoms with Crippen LogP contribution in [0.5, 0.6) is 5.75 Å². The van der Waals surface area contributed by atoms with Crippen LogP contribution in [0.2, 0.25) is 0 Å². The fourth-order valence-electron chi connectivity index (χ4n) is 2.95. The molecule has 0 bridgehead atoms. The zero-order valence-corrected chi connectivity index (χ0v) is 12.9. The van der Waals surface area contributed by atoms with Crippen LogP contribution < -0.4 is 15.8 Å². The number of amides is 2. The second kappa shape index (κ2) is 5.28. The van der Waals surface area contributed by atoms with Gasteiger partial charge in [-0.2, -0.15) is 0 Å². The maximum atomic E-state index is 12.7. The Balaban J connectivity index is 1.81. The number of benzene rings is 1. The van der Waals surface area contributed by atoms with E-state index in [1.165, 1.54) is 0 Å². The van der Waals surface area contributed by atoms with E-state index in [9.17, 15) is 9.59 Å². The molecular weight excluding hydrogens is 282 g/mol. The van der Waals surface area contributed by atoms with Crippen molar-refractivity contribution in [3.05, 3.63) is 23.8 Å². The lowest BCUT2D eigenvalue weighted by Gasteiger charge is -2.42. The summed E-state index contributed by atoms with van der Waals surface area (Å²) in [5.74, 6) is 0.349. The minimum atomic E-state index is -0.206. The normalized spacial score (nSPS) is 23.3. The van der Waals surface area contributed by atoms with Gasteiger partial charge in [-0.15, -0.1) is 0 Å². The molecule has 1 aromatic rings. The second-order valence-corrected chi connectivity index (χ2v) is 6.66. The highest BCUT2D eigenvalue weighted by Crippen LogP contribution is 2.31. The molecular formula is C16H21N3O3. The van der Waals surface area contributed by atoms with Crippen molar-refractivity contribution in [2.45, 2.75) is 26.3 Å². The number of nitrogens with zero attached hydrogens (tertiary/aromatic N) is 1. The minimum Gasteiger partial charge on any atom is -0.482 e. The van der Waals surface area contributed by atoms with Gasteiger partial charge in [-0.05, 0) is 30.0 Å². The summed E-state index contributed by atoms with van der Waals surface area (Å²) in [5, 5.41) is 2.73. The molecule has 1 fully saturated rings. The lowest BCUT2D eigenvalue weighted by atomic mass is 9.79. The van der Waals surface area contributed by atoms with Crippen LogP contribution in [-0.4, -0.2) is 42.5 Å². The SMILES string of the molecule is CC1(C)CN(C(=O)c2ccc3c(c2)NC(=O)CO3)CCC1N. The molecule has 22 heavy (non-hydrogen) atoms. The molecule has 0 spiro atoms. The van der Waals surface area contributed by atoms with Gasteiger partial charge in [-0.3, -0.25) is 9.59 Å². The van der Waals surface area contributed by atoms with Crippen molar-refractivity contribution >= 4 is 17.5 Å². The quantitative estimate of drug-likeness (QED) is 0.817. The first-order valence-corrected chi connectivity index (χ1v) is 7.48. The van der Waals surface area contributed by atoms with Crippen molar-refractivity contribution in [3.8, 4) is 5.75 Å². The number of hydrogen-bond donors (Lipinski definition) is 2. The molecule has 1 unspecified atom stereocenters. The maximum Gasteiger partial charge on any atom is 0.262 e. The standard InChI is InChI=1S/C16H21N3O3/c1-16(2)9-19(6-5-13(16)17)15(21)10-3-4-12-11(7-10)18-14(20)8-22-12/h3-4,7,13H,5-6,8-9,17H2,1-2H3,(H,18,20). The predicted molar refractivity (Wildman–Crippen MR) is 82.8 cm³/mol. The molecule has 1 saturated heterocycles. The Morgan fingerprint density at radius 1 is 1.45 bits per heavy atom. The third kappa shape index (κ3) is 2.66. The van der Waals surface area contributed by atoms with Crippen LogP contribution >= 0.6 is 0 Å². The summed E-state index contributed by atoms with van der Waals surface area (Å²) in [5.41, 5.74) is 7.12. The van der Waals surface area contributed by atoms with Crippen LogP contribution in [0.1, 0.15) is 30.6 Å². The molecule has 0 radical (unpaired) electrons. The van der Waals surface area contributed by atoms with Gasteiger partial charge in [0.05, 0.1) is 5.69 Å². The van der Waals surface area contributed by atoms with Crippen molar-refractivity contribution in [2.24, 2.45) is 11.1 Å². The molecule has 0 aromatic heterocycles. The Hall–Kier alpha value is -2.08. The number of anilines is 1. The van der Waals surface area contributed by atoms with E-state index in [-0.39, 0.29) is 29.9 Å². The first-order valence-electron chi connectivity index (χ1n) is 7.48. The maximum absolute atomic E-state index is 12.7. The molecule has 6 nitrogen and oxygen atoms in total. The Kier molecular flexibility index (Phi) is 3.56. The molecule has 0 saturated carbocycles. The number of carbonyl (C=O) groups excluding carboxylic acids is 2. The van der Waals surface area contributed by atoms with E-state index in [4.69, 9.17) is 10.5 Å². The Labute approximate surface area is 129 Å². The molecule has 3 N–H and O–H groups in total. The van der Waals surface area contributed by atoms with Gasteiger partial charge in [0.25, 0.3) is 11.8 Å². The fourth-order valence-corrected chi connectivity index (χ4v) is 2.95. The smallest absolute Gasteiger partial charge is 0.262 e. The lowest BCUT2D eigenvalue weighted by molar-refractivity contribution is -0.118. The number of nitrogens with one attached hydrogen (secondary N) is 1. The van der Waals surface area contributed by atoms with E-state index in [0.29, 0.717) is 30.1 Å². The minimum absolute atomic E-state index is 0.0124. The van der Waals surface area contributed by atoms with E-state index < -0.39 is 0 Å². The second-order valence-electron chi connectivity index (χ2n) is 6.66. The average molecular weight is 303 g/mol. The van der Waals surface area contributed by atoms with Crippen LogP contribution in [0, 0.1) is 5.41 Å². The van der Waals surface area contributed by atoms with E-state index in [0.717, 1.165) is 6.42 Å². The monoisotopic (exact) mass is 303 g/mol. The molecule has 3 rings (SSSR count). The highest BCUT2D eigenvalue weighted by Gasteiger charge is 2.35. The molecule has 2 aliphatic rings. The molecule has 2 aliphatic heterocycles. The predicted octanol–water partition coefficient (Wildman–Crippen LogP) is 1.22. The van der Waals surface area contributed by atoms with Gasteiger partial charge in [-0.1, -0.05) is 13.8 Å². The van der Waals surface area contributed by atoms with E-state index >= 15 is 0 Å². The van der Waals surface area contributed by atoms with Crippen LogP contribution in [0.15, 0.2) is 18.2 Å². The van der Waals surface area contributed by atoms with Gasteiger partial charge in [0.2, 0.25) is 0 Å². The van der Waals surface area contributed by atoms with E-state index in [2.05, 4.69) is 19.2 Å². The van der Waals surface area contributed by atoms with Gasteiger partial charge in [0, 0.05) is 24.7 Å². The third-order valence-corrected chi connectivity index (χ3v) is 4.46. The summed E-state index contributed by atoms with van der Waals surface area (Å²) >= 11 is 0. The zero-order chi connectivity index (χ0) is 15.9. The molecule has 2 amide bonds. The highest BCUT2D eigenvalue weighted by atomic mass is 16.5. The Morgan fingerprint density at radius 2 is 2.23 bits per heavy atom. The van der Waals surface area contributed by atoms with Gasteiger partial charge in [0.1, 0.15) is 5.75 Å². The van der Waals surface area contributed by atoms with Crippen LogP contribution in [0.25, 0.3) is 0 Å². The number of carbonyl (C=O) groups is 2. The first-order chi connectivity index (χ1) is 10.4. The molecule has 2 heterocycles. The van der Waals surface area contributed by atoms with Gasteiger partial charge < -0.3 is 20.7 Å². The number of rotatable bonds is 1. The lowest BCUT2D eigenvalue weighted by Crippen LogP contribution is -2.54. The fraction of sp³-hybridized carbons (Fsp3) is 0.500. The number of fused-ring (bicyclic) bond motifs is 1. The molecule has 118 valence electrons. The van der Waals surface area contributed by atoms with Gasteiger partial charge in [-0.25, -0.2) is 0 Å². The summed E-state index contributed by atoms with van der Waals surface area (Å²) in [7, 11) is 0. The van der Waals surface area contributed by atoms with E-state index in [1.807, 2.05) is 4.90 Å². The Bertz CT molecular complexity index is 627. The Morgan fingerprint density at radius 3 is 2.95 bits per heavy atom. The van der Waals surface area contributed by atoms with Crippen LogP contribution in [-0.2, 0) is 4.79 Å². The van der Waals surface area contributed by atoms with Gasteiger partial charge in [0.15, 0.2) is 6.61 Å². The van der Waals surface area contributed by atoms with Crippen LogP contribution in [0.4, 0.5) is 5.69 Å². The first kappa shape index (κ1) is 14.8. The molecule has 0 aliphatic carbocycles. The largest absolute Gasteiger partial charge is 0.482 e. The number of nitrogens with two attached hydrogens (primary N) is 1. The zero-order valence-electron chi connectivity index (χ0n) is 12.9. The molecule has 6 heteroatoms. The number of ether oxygens (including phenoxy) is 1. The van der Waals surface area contributed by atoms with Crippen molar-refractivity contribution in [3.63, 3.8) is 0 Å². The summed E-state index contributed by atoms with van der Waals surface area (Å²) < 4.78 is 5.31.